The molecule has 0 aliphatic rings. The quantitative estimate of drug-likeness (QED) is 0.814. The Kier molecular flexibility index (Phi) is 5.38. The van der Waals surface area contributed by atoms with Crippen LogP contribution in [0.3, 0.4) is 0 Å². The Bertz CT molecular complexity index is 747. The molecule has 0 atom stereocenters. The van der Waals surface area contributed by atoms with E-state index in [0.29, 0.717) is 4.47 Å². The SMILES string of the molecule is O=C(COC(=O)c1c(F)cccc1F)Nc1ccc(Br)cc1F. The van der Waals surface area contributed by atoms with Crippen molar-refractivity contribution in [2.75, 3.05) is 11.9 Å². The molecule has 1 N–H and O–H groups in total. The number of esters is 1. The van der Waals surface area contributed by atoms with Crippen LogP contribution in [0.15, 0.2) is 40.9 Å². The number of carbonyl (C=O) groups excluding carboxylic acids is 2. The predicted molar refractivity (Wildman–Crippen MR) is 79.4 cm³/mol. The van der Waals surface area contributed by atoms with Gasteiger partial charge in [0.15, 0.2) is 6.61 Å². The molecule has 23 heavy (non-hydrogen) atoms. The molecule has 0 radical (unpaired) electrons. The number of anilines is 1. The number of hydrogen-bond acceptors (Lipinski definition) is 3. The minimum Gasteiger partial charge on any atom is -0.452 e. The molecule has 2 aromatic carbocycles. The normalized spacial score (nSPS) is 10.3. The fraction of sp³-hybridized carbons (Fsp3) is 0.0667. The zero-order valence-corrected chi connectivity index (χ0v) is 13.0. The minimum atomic E-state index is -1.33. The number of nitrogens with one attached hydrogen (secondary N) is 1. The van der Waals surface area contributed by atoms with Crippen molar-refractivity contribution in [3.63, 3.8) is 0 Å². The van der Waals surface area contributed by atoms with Gasteiger partial charge in [-0.2, -0.15) is 0 Å². The Morgan fingerprint density at radius 1 is 1.04 bits per heavy atom. The maximum atomic E-state index is 13.5. The highest BCUT2D eigenvalue weighted by Crippen LogP contribution is 2.19. The van der Waals surface area contributed by atoms with Crippen LogP contribution in [0.4, 0.5) is 18.9 Å². The van der Waals surface area contributed by atoms with Crippen LogP contribution in [0.5, 0.6) is 0 Å². The molecule has 0 saturated carbocycles. The van der Waals surface area contributed by atoms with E-state index in [9.17, 15) is 22.8 Å². The minimum absolute atomic E-state index is 0.119. The van der Waals surface area contributed by atoms with E-state index in [1.54, 1.807) is 0 Å². The summed E-state index contributed by atoms with van der Waals surface area (Å²) in [5.41, 5.74) is -1.01. The average Bonchev–Trinajstić information content (AvgIpc) is 2.48. The van der Waals surface area contributed by atoms with Gasteiger partial charge in [-0.05, 0) is 30.3 Å². The molecule has 2 aromatic rings. The first-order chi connectivity index (χ1) is 10.9. The van der Waals surface area contributed by atoms with Gasteiger partial charge < -0.3 is 10.1 Å². The van der Waals surface area contributed by atoms with Crippen molar-refractivity contribution in [2.45, 2.75) is 0 Å². The zero-order valence-electron chi connectivity index (χ0n) is 11.4. The van der Waals surface area contributed by atoms with Crippen LogP contribution in [0.1, 0.15) is 10.4 Å². The van der Waals surface area contributed by atoms with Crippen LogP contribution in [0.25, 0.3) is 0 Å². The summed E-state index contributed by atoms with van der Waals surface area (Å²) in [6.07, 6.45) is 0. The van der Waals surface area contributed by atoms with E-state index < -0.39 is 41.5 Å². The van der Waals surface area contributed by atoms with Crippen molar-refractivity contribution in [1.29, 1.82) is 0 Å². The second-order valence-electron chi connectivity index (χ2n) is 4.35. The molecular weight excluding hydrogens is 379 g/mol. The molecule has 8 heteroatoms. The average molecular weight is 388 g/mol. The Hall–Kier alpha value is -2.35. The fourth-order valence-corrected chi connectivity index (χ4v) is 2.01. The molecule has 0 unspecified atom stereocenters. The fourth-order valence-electron chi connectivity index (χ4n) is 1.67. The number of hydrogen-bond donors (Lipinski definition) is 1. The van der Waals surface area contributed by atoms with Gasteiger partial charge in [-0.15, -0.1) is 0 Å². The molecule has 0 aliphatic carbocycles. The van der Waals surface area contributed by atoms with E-state index in [-0.39, 0.29) is 5.69 Å². The van der Waals surface area contributed by atoms with E-state index in [2.05, 4.69) is 26.0 Å². The van der Waals surface area contributed by atoms with Gasteiger partial charge in [0.05, 0.1) is 5.69 Å². The van der Waals surface area contributed by atoms with Gasteiger partial charge in [0.25, 0.3) is 5.91 Å². The lowest BCUT2D eigenvalue weighted by Crippen LogP contribution is -2.22. The van der Waals surface area contributed by atoms with Crippen molar-refractivity contribution in [1.82, 2.24) is 0 Å². The first-order valence-electron chi connectivity index (χ1n) is 6.24. The van der Waals surface area contributed by atoms with E-state index in [1.807, 2.05) is 0 Å². The van der Waals surface area contributed by atoms with E-state index in [4.69, 9.17) is 0 Å². The molecule has 0 aromatic heterocycles. The standard InChI is InChI=1S/C15H9BrF3NO3/c16-8-4-5-12(11(19)6-8)20-13(21)7-23-15(22)14-9(17)2-1-3-10(14)18/h1-6H,7H2,(H,20,21). The Labute approximate surface area is 137 Å². The van der Waals surface area contributed by atoms with Crippen LogP contribution in [0.2, 0.25) is 0 Å². The number of carbonyl (C=O) groups is 2. The van der Waals surface area contributed by atoms with Gasteiger partial charge in [-0.1, -0.05) is 22.0 Å². The van der Waals surface area contributed by atoms with Gasteiger partial charge in [-0.3, -0.25) is 4.79 Å². The lowest BCUT2D eigenvalue weighted by Gasteiger charge is -2.08. The van der Waals surface area contributed by atoms with Crippen molar-refractivity contribution >= 4 is 33.5 Å². The molecule has 0 fully saturated rings. The van der Waals surface area contributed by atoms with Gasteiger partial charge in [0.2, 0.25) is 0 Å². The first-order valence-corrected chi connectivity index (χ1v) is 7.04. The van der Waals surface area contributed by atoms with Crippen molar-refractivity contribution in [3.05, 3.63) is 63.9 Å². The summed E-state index contributed by atoms with van der Waals surface area (Å²) in [6.45, 7) is -0.817. The summed E-state index contributed by atoms with van der Waals surface area (Å²) in [5.74, 6) is -5.08. The molecule has 0 saturated heterocycles. The Balaban J connectivity index is 1.98. The van der Waals surface area contributed by atoms with Crippen LogP contribution in [-0.4, -0.2) is 18.5 Å². The topological polar surface area (TPSA) is 55.4 Å². The number of halogens is 4. The maximum Gasteiger partial charge on any atom is 0.344 e. The highest BCUT2D eigenvalue weighted by Gasteiger charge is 2.19. The third-order valence-electron chi connectivity index (χ3n) is 2.71. The molecule has 0 bridgehead atoms. The largest absolute Gasteiger partial charge is 0.452 e. The van der Waals surface area contributed by atoms with E-state index >= 15 is 0 Å². The molecule has 0 spiro atoms. The number of amides is 1. The van der Waals surface area contributed by atoms with Crippen molar-refractivity contribution in [2.24, 2.45) is 0 Å². The summed E-state index contributed by atoms with van der Waals surface area (Å²) in [5, 5.41) is 2.17. The molecule has 120 valence electrons. The summed E-state index contributed by atoms with van der Waals surface area (Å²) < 4.78 is 45.3. The van der Waals surface area contributed by atoms with Gasteiger partial charge in [0, 0.05) is 4.47 Å². The van der Waals surface area contributed by atoms with Crippen LogP contribution < -0.4 is 5.32 Å². The van der Waals surface area contributed by atoms with Gasteiger partial charge >= 0.3 is 5.97 Å². The lowest BCUT2D eigenvalue weighted by atomic mass is 10.2. The summed E-state index contributed by atoms with van der Waals surface area (Å²) >= 11 is 3.06. The molecule has 0 heterocycles. The molecule has 4 nitrogen and oxygen atoms in total. The third kappa shape index (κ3) is 4.32. The van der Waals surface area contributed by atoms with Crippen molar-refractivity contribution < 1.29 is 27.5 Å². The first kappa shape index (κ1) is 17.0. The number of rotatable bonds is 4. The predicted octanol–water partition coefficient (Wildman–Crippen LogP) is 3.66. The molecule has 1 amide bonds. The zero-order chi connectivity index (χ0) is 17.0. The Morgan fingerprint density at radius 3 is 2.30 bits per heavy atom. The molecular formula is C15H9BrF3NO3. The lowest BCUT2D eigenvalue weighted by molar-refractivity contribution is -0.119. The van der Waals surface area contributed by atoms with Crippen LogP contribution in [0, 0.1) is 17.5 Å². The van der Waals surface area contributed by atoms with Crippen LogP contribution in [-0.2, 0) is 9.53 Å². The van der Waals surface area contributed by atoms with Crippen molar-refractivity contribution in [3.8, 4) is 0 Å². The second-order valence-corrected chi connectivity index (χ2v) is 5.26. The van der Waals surface area contributed by atoms with Gasteiger partial charge in [-0.25, -0.2) is 18.0 Å². The summed E-state index contributed by atoms with van der Waals surface area (Å²) in [4.78, 5) is 23.2. The molecule has 0 aliphatic heterocycles. The van der Waals surface area contributed by atoms with E-state index in [0.717, 1.165) is 24.3 Å². The third-order valence-corrected chi connectivity index (χ3v) is 3.20. The summed E-state index contributed by atoms with van der Waals surface area (Å²) in [7, 11) is 0. The smallest absolute Gasteiger partial charge is 0.344 e. The number of ether oxygens (including phenoxy) is 1. The van der Waals surface area contributed by atoms with Gasteiger partial charge in [0.1, 0.15) is 23.0 Å². The van der Waals surface area contributed by atoms with Crippen LogP contribution >= 0.6 is 15.9 Å². The second kappa shape index (κ2) is 7.28. The van der Waals surface area contributed by atoms with E-state index in [1.165, 1.54) is 12.1 Å². The number of benzene rings is 2. The summed E-state index contributed by atoms with van der Waals surface area (Å²) in [6, 6.07) is 6.80. The molecule has 2 rings (SSSR count). The maximum absolute atomic E-state index is 13.5. The highest BCUT2D eigenvalue weighted by molar-refractivity contribution is 9.10. The monoisotopic (exact) mass is 387 g/mol. The Morgan fingerprint density at radius 2 is 1.70 bits per heavy atom. The highest BCUT2D eigenvalue weighted by atomic mass is 79.9.